The first kappa shape index (κ1) is 17.2. The van der Waals surface area contributed by atoms with E-state index in [1.165, 1.54) is 24.3 Å². The minimum atomic E-state index is -0.530. The van der Waals surface area contributed by atoms with Gasteiger partial charge in [-0.25, -0.2) is 0 Å². The third-order valence-corrected chi connectivity index (χ3v) is 3.74. The van der Waals surface area contributed by atoms with E-state index < -0.39 is 23.4 Å². The first-order chi connectivity index (χ1) is 12.5. The fraction of sp³-hybridized carbons (Fsp3) is 0.111. The highest BCUT2D eigenvalue weighted by atomic mass is 16.6. The molecule has 0 saturated heterocycles. The number of benzene rings is 2. The topological polar surface area (TPSA) is 114 Å². The number of anilines is 1. The van der Waals surface area contributed by atoms with E-state index in [9.17, 15) is 19.7 Å². The number of aromatic nitrogens is 1. The minimum Gasteiger partial charge on any atom is -0.455 e. The zero-order chi connectivity index (χ0) is 18.5. The van der Waals surface area contributed by atoms with Gasteiger partial charge in [-0.1, -0.05) is 18.2 Å². The highest BCUT2D eigenvalue weighted by molar-refractivity contribution is 5.93. The van der Waals surface area contributed by atoms with Crippen molar-refractivity contribution in [2.75, 3.05) is 11.9 Å². The van der Waals surface area contributed by atoms with Crippen molar-refractivity contribution >= 4 is 34.2 Å². The van der Waals surface area contributed by atoms with Gasteiger partial charge in [0.25, 0.3) is 11.6 Å². The van der Waals surface area contributed by atoms with Gasteiger partial charge in [-0.3, -0.25) is 19.7 Å². The van der Waals surface area contributed by atoms with Crippen LogP contribution < -0.4 is 5.32 Å². The zero-order valence-electron chi connectivity index (χ0n) is 13.6. The number of H-pyrrole nitrogens is 1. The maximum Gasteiger partial charge on any atom is 0.310 e. The monoisotopic (exact) mass is 353 g/mol. The van der Waals surface area contributed by atoms with Crippen molar-refractivity contribution in [2.24, 2.45) is 0 Å². The number of amides is 1. The summed E-state index contributed by atoms with van der Waals surface area (Å²) < 4.78 is 4.99. The molecule has 0 unspecified atom stereocenters. The molecule has 2 N–H and O–H groups in total. The van der Waals surface area contributed by atoms with E-state index in [0.717, 1.165) is 16.5 Å². The number of esters is 1. The van der Waals surface area contributed by atoms with Gasteiger partial charge in [0, 0.05) is 34.9 Å². The molecule has 0 aliphatic heterocycles. The number of carbonyl (C=O) groups is 2. The molecule has 0 spiro atoms. The number of para-hydroxylation sites is 1. The molecule has 0 atom stereocenters. The summed E-state index contributed by atoms with van der Waals surface area (Å²) in [5.74, 6) is -1.04. The highest BCUT2D eigenvalue weighted by Gasteiger charge is 2.12. The first-order valence-corrected chi connectivity index (χ1v) is 7.78. The minimum absolute atomic E-state index is 0.0504. The van der Waals surface area contributed by atoms with Gasteiger partial charge in [0.2, 0.25) is 0 Å². The van der Waals surface area contributed by atoms with Crippen LogP contribution in [0.1, 0.15) is 5.56 Å². The lowest BCUT2D eigenvalue weighted by atomic mass is 10.1. The van der Waals surface area contributed by atoms with Crippen LogP contribution in [0, 0.1) is 10.1 Å². The van der Waals surface area contributed by atoms with E-state index in [1.54, 1.807) is 6.20 Å². The fourth-order valence-corrected chi connectivity index (χ4v) is 2.49. The SMILES string of the molecule is O=C(COC(=O)Cc1c[nH]c2ccccc12)Nc1ccc([N+](=O)[O-])cc1. The lowest BCUT2D eigenvalue weighted by Gasteiger charge is -2.06. The van der Waals surface area contributed by atoms with Gasteiger partial charge in [0.1, 0.15) is 0 Å². The number of nitrogens with one attached hydrogen (secondary N) is 2. The maximum atomic E-state index is 11.9. The molecular weight excluding hydrogens is 338 g/mol. The van der Waals surface area contributed by atoms with E-state index in [4.69, 9.17) is 4.74 Å². The van der Waals surface area contributed by atoms with E-state index in [2.05, 4.69) is 10.3 Å². The molecule has 0 fully saturated rings. The number of nitrogens with zero attached hydrogens (tertiary/aromatic N) is 1. The van der Waals surface area contributed by atoms with E-state index in [1.807, 2.05) is 24.3 Å². The second-order valence-electron chi connectivity index (χ2n) is 5.55. The Morgan fingerprint density at radius 2 is 1.85 bits per heavy atom. The lowest BCUT2D eigenvalue weighted by Crippen LogP contribution is -2.21. The van der Waals surface area contributed by atoms with Crippen LogP contribution in [0.25, 0.3) is 10.9 Å². The maximum absolute atomic E-state index is 11.9. The standard InChI is InChI=1S/C18H15N3O5/c22-17(20-13-5-7-14(8-6-13)21(24)25)11-26-18(23)9-12-10-19-16-4-2-1-3-15(12)16/h1-8,10,19H,9,11H2,(H,20,22). The third kappa shape index (κ3) is 4.04. The van der Waals surface area contributed by atoms with Crippen LogP contribution in [0.15, 0.2) is 54.7 Å². The van der Waals surface area contributed by atoms with Crippen LogP contribution in [-0.4, -0.2) is 28.4 Å². The van der Waals surface area contributed by atoms with Crippen molar-refractivity contribution < 1.29 is 19.2 Å². The molecule has 0 radical (unpaired) electrons. The molecule has 3 rings (SSSR count). The number of hydrogen-bond acceptors (Lipinski definition) is 5. The number of fused-ring (bicyclic) bond motifs is 1. The molecule has 0 saturated carbocycles. The number of non-ortho nitro benzene ring substituents is 1. The van der Waals surface area contributed by atoms with Gasteiger partial charge in [-0.2, -0.15) is 0 Å². The van der Waals surface area contributed by atoms with E-state index in [-0.39, 0.29) is 12.1 Å². The van der Waals surface area contributed by atoms with Crippen molar-refractivity contribution in [2.45, 2.75) is 6.42 Å². The number of carbonyl (C=O) groups excluding carboxylic acids is 2. The summed E-state index contributed by atoms with van der Waals surface area (Å²) in [4.78, 5) is 36.9. The summed E-state index contributed by atoms with van der Waals surface area (Å²) >= 11 is 0. The van der Waals surface area contributed by atoms with Crippen molar-refractivity contribution in [1.29, 1.82) is 0 Å². The van der Waals surface area contributed by atoms with Crippen molar-refractivity contribution in [3.63, 3.8) is 0 Å². The Morgan fingerprint density at radius 3 is 2.58 bits per heavy atom. The van der Waals surface area contributed by atoms with E-state index in [0.29, 0.717) is 5.69 Å². The number of aromatic amines is 1. The highest BCUT2D eigenvalue weighted by Crippen LogP contribution is 2.18. The Morgan fingerprint density at radius 1 is 1.12 bits per heavy atom. The van der Waals surface area contributed by atoms with Crippen LogP contribution in [0.5, 0.6) is 0 Å². The van der Waals surface area contributed by atoms with Crippen molar-refractivity contribution in [1.82, 2.24) is 4.98 Å². The lowest BCUT2D eigenvalue weighted by molar-refractivity contribution is -0.384. The molecule has 0 aliphatic carbocycles. The Labute approximate surface area is 147 Å². The summed E-state index contributed by atoms with van der Waals surface area (Å²) in [6, 6.07) is 12.9. The molecule has 26 heavy (non-hydrogen) atoms. The molecule has 1 aromatic heterocycles. The number of rotatable bonds is 6. The average molecular weight is 353 g/mol. The molecule has 1 amide bonds. The van der Waals surface area contributed by atoms with Crippen LogP contribution >= 0.6 is 0 Å². The van der Waals surface area contributed by atoms with Crippen molar-refractivity contribution in [3.8, 4) is 0 Å². The quantitative estimate of drug-likeness (QED) is 0.402. The molecular formula is C18H15N3O5. The Bertz CT molecular complexity index is 962. The Balaban J connectivity index is 1.51. The molecule has 1 heterocycles. The molecule has 8 nitrogen and oxygen atoms in total. The van der Waals surface area contributed by atoms with Gasteiger partial charge < -0.3 is 15.0 Å². The fourth-order valence-electron chi connectivity index (χ4n) is 2.49. The summed E-state index contributed by atoms with van der Waals surface area (Å²) in [5.41, 5.74) is 2.02. The Kier molecular flexibility index (Phi) is 4.93. The van der Waals surface area contributed by atoms with E-state index >= 15 is 0 Å². The smallest absolute Gasteiger partial charge is 0.310 e. The Hall–Kier alpha value is -3.68. The first-order valence-electron chi connectivity index (χ1n) is 7.78. The molecule has 3 aromatic rings. The van der Waals surface area contributed by atoms with Gasteiger partial charge in [0.15, 0.2) is 6.61 Å². The van der Waals surface area contributed by atoms with Gasteiger partial charge >= 0.3 is 5.97 Å². The van der Waals surface area contributed by atoms with Crippen LogP contribution in [0.4, 0.5) is 11.4 Å². The van der Waals surface area contributed by atoms with Crippen LogP contribution in [0.3, 0.4) is 0 Å². The number of nitro benzene ring substituents is 1. The predicted molar refractivity (Wildman–Crippen MR) is 94.7 cm³/mol. The van der Waals surface area contributed by atoms with Gasteiger partial charge in [-0.05, 0) is 23.8 Å². The average Bonchev–Trinajstić information content (AvgIpc) is 3.03. The predicted octanol–water partition coefficient (Wildman–Crippen LogP) is 2.80. The number of ether oxygens (including phenoxy) is 1. The summed E-state index contributed by atoms with van der Waals surface area (Å²) in [6.07, 6.45) is 1.79. The molecule has 0 aliphatic rings. The third-order valence-electron chi connectivity index (χ3n) is 3.74. The zero-order valence-corrected chi connectivity index (χ0v) is 13.6. The van der Waals surface area contributed by atoms with Crippen molar-refractivity contribution in [3.05, 3.63) is 70.4 Å². The second-order valence-corrected chi connectivity index (χ2v) is 5.55. The number of hydrogen-bond donors (Lipinski definition) is 2. The van der Waals surface area contributed by atoms with Crippen LogP contribution in [-0.2, 0) is 20.7 Å². The molecule has 132 valence electrons. The molecule has 0 bridgehead atoms. The second kappa shape index (κ2) is 7.47. The molecule has 2 aromatic carbocycles. The summed E-state index contributed by atoms with van der Waals surface area (Å²) in [6.45, 7) is -0.432. The summed E-state index contributed by atoms with van der Waals surface area (Å²) in [5, 5.41) is 14.0. The summed E-state index contributed by atoms with van der Waals surface area (Å²) in [7, 11) is 0. The van der Waals surface area contributed by atoms with Crippen LogP contribution in [0.2, 0.25) is 0 Å². The largest absolute Gasteiger partial charge is 0.455 e. The number of nitro groups is 1. The molecule has 8 heteroatoms. The van der Waals surface area contributed by atoms with Gasteiger partial charge in [-0.15, -0.1) is 0 Å². The normalized spacial score (nSPS) is 10.5. The van der Waals surface area contributed by atoms with Gasteiger partial charge in [0.05, 0.1) is 11.3 Å².